The molecule has 0 N–H and O–H groups in total. The van der Waals surface area contributed by atoms with Gasteiger partial charge in [0.15, 0.2) is 0 Å². The molecule has 0 saturated heterocycles. The highest BCUT2D eigenvalue weighted by Gasteiger charge is 2.01. The highest BCUT2D eigenvalue weighted by molar-refractivity contribution is 9.10. The number of benzene rings is 1. The Morgan fingerprint density at radius 3 is 3.00 bits per heavy atom. The Labute approximate surface area is 84.3 Å². The van der Waals surface area contributed by atoms with Crippen LogP contribution in [0, 0.1) is 0 Å². The second kappa shape index (κ2) is 4.74. The van der Waals surface area contributed by atoms with Gasteiger partial charge in [0, 0.05) is 14.9 Å². The van der Waals surface area contributed by atoms with Gasteiger partial charge in [0.2, 0.25) is 0 Å². The van der Waals surface area contributed by atoms with Crippen LogP contribution in [0.25, 0.3) is 10.4 Å². The molecule has 0 atom stereocenters. The molecule has 0 fully saturated rings. The Kier molecular flexibility index (Phi) is 3.61. The van der Waals surface area contributed by atoms with E-state index < -0.39 is 0 Å². The minimum atomic E-state index is 0.305. The van der Waals surface area contributed by atoms with Gasteiger partial charge in [-0.2, -0.15) is 0 Å². The van der Waals surface area contributed by atoms with Crippen LogP contribution in [-0.2, 0) is 6.54 Å². The summed E-state index contributed by atoms with van der Waals surface area (Å²) in [4.78, 5) is 2.69. The van der Waals surface area contributed by atoms with E-state index in [9.17, 15) is 0 Å². The van der Waals surface area contributed by atoms with E-state index in [1.807, 2.05) is 18.2 Å². The van der Waals surface area contributed by atoms with E-state index in [0.29, 0.717) is 6.54 Å². The van der Waals surface area contributed by atoms with Gasteiger partial charge in [-0.1, -0.05) is 21.0 Å². The fourth-order valence-electron chi connectivity index (χ4n) is 0.979. The van der Waals surface area contributed by atoms with E-state index >= 15 is 0 Å². The summed E-state index contributed by atoms with van der Waals surface area (Å²) in [7, 11) is 1.59. The number of methoxy groups -OCH3 is 1. The average Bonchev–Trinajstić information content (AvgIpc) is 2.15. The predicted octanol–water partition coefficient (Wildman–Crippen LogP) is 3.27. The first kappa shape index (κ1) is 9.89. The molecule has 0 radical (unpaired) electrons. The molecule has 0 spiro atoms. The highest BCUT2D eigenvalue weighted by Crippen LogP contribution is 2.23. The molecule has 0 unspecified atom stereocenters. The number of hydrogen-bond acceptors (Lipinski definition) is 2. The molecular weight excluding hydrogens is 234 g/mol. The van der Waals surface area contributed by atoms with E-state index in [2.05, 4.69) is 26.0 Å². The maximum atomic E-state index is 8.17. The summed E-state index contributed by atoms with van der Waals surface area (Å²) < 4.78 is 6.03. The Bertz CT molecular complexity index is 347. The highest BCUT2D eigenvalue weighted by atomic mass is 79.9. The van der Waals surface area contributed by atoms with E-state index in [4.69, 9.17) is 10.3 Å². The van der Waals surface area contributed by atoms with Crippen molar-refractivity contribution in [1.29, 1.82) is 0 Å². The van der Waals surface area contributed by atoms with Crippen LogP contribution in [0.3, 0.4) is 0 Å². The molecule has 1 aromatic rings. The van der Waals surface area contributed by atoms with Crippen molar-refractivity contribution in [3.8, 4) is 5.75 Å². The van der Waals surface area contributed by atoms with Gasteiger partial charge < -0.3 is 4.74 Å². The summed E-state index contributed by atoms with van der Waals surface area (Å²) in [6.07, 6.45) is 0. The summed E-state index contributed by atoms with van der Waals surface area (Å²) in [5.41, 5.74) is 9.04. The van der Waals surface area contributed by atoms with Crippen molar-refractivity contribution < 1.29 is 4.74 Å². The average molecular weight is 242 g/mol. The second-order valence-electron chi connectivity index (χ2n) is 2.35. The molecule has 0 aliphatic carbocycles. The van der Waals surface area contributed by atoms with Crippen LogP contribution in [0.4, 0.5) is 0 Å². The molecule has 0 heterocycles. The van der Waals surface area contributed by atoms with Crippen LogP contribution in [0.1, 0.15) is 5.56 Å². The quantitative estimate of drug-likeness (QED) is 0.455. The van der Waals surface area contributed by atoms with Crippen molar-refractivity contribution in [2.45, 2.75) is 6.54 Å². The number of halogens is 1. The Morgan fingerprint density at radius 1 is 1.62 bits per heavy atom. The molecule has 68 valence electrons. The number of hydrogen-bond donors (Lipinski definition) is 0. The van der Waals surface area contributed by atoms with Gasteiger partial charge in [0.1, 0.15) is 5.75 Å². The van der Waals surface area contributed by atoms with Crippen LogP contribution < -0.4 is 4.74 Å². The van der Waals surface area contributed by atoms with Crippen molar-refractivity contribution in [2.24, 2.45) is 5.11 Å². The fourth-order valence-corrected chi connectivity index (χ4v) is 1.39. The Morgan fingerprint density at radius 2 is 2.38 bits per heavy atom. The zero-order chi connectivity index (χ0) is 9.68. The van der Waals surface area contributed by atoms with Crippen molar-refractivity contribution in [2.75, 3.05) is 7.11 Å². The lowest BCUT2D eigenvalue weighted by atomic mass is 10.2. The molecular formula is C8H8BrN3O. The zero-order valence-corrected chi connectivity index (χ0v) is 8.65. The molecule has 4 nitrogen and oxygen atoms in total. The molecule has 0 aromatic heterocycles. The molecule has 0 saturated carbocycles. The lowest BCUT2D eigenvalue weighted by molar-refractivity contribution is 0.409. The monoisotopic (exact) mass is 241 g/mol. The molecule has 1 rings (SSSR count). The molecule has 1 aromatic carbocycles. The largest absolute Gasteiger partial charge is 0.496 e. The van der Waals surface area contributed by atoms with Crippen molar-refractivity contribution >= 4 is 15.9 Å². The first-order valence-corrected chi connectivity index (χ1v) is 4.40. The SMILES string of the molecule is COc1ccc(Br)cc1CN=[N+]=[N-]. The van der Waals surface area contributed by atoms with Gasteiger partial charge in [0.05, 0.1) is 13.7 Å². The van der Waals surface area contributed by atoms with Gasteiger partial charge in [0.25, 0.3) is 0 Å². The third-order valence-electron chi connectivity index (χ3n) is 1.55. The minimum Gasteiger partial charge on any atom is -0.496 e. The van der Waals surface area contributed by atoms with Crippen LogP contribution in [-0.4, -0.2) is 7.11 Å². The van der Waals surface area contributed by atoms with Crippen LogP contribution in [0.5, 0.6) is 5.75 Å². The maximum Gasteiger partial charge on any atom is 0.122 e. The summed E-state index contributed by atoms with van der Waals surface area (Å²) in [6.45, 7) is 0.305. The fraction of sp³-hybridized carbons (Fsp3) is 0.250. The van der Waals surface area contributed by atoms with Crippen molar-refractivity contribution in [3.05, 3.63) is 38.7 Å². The predicted molar refractivity (Wildman–Crippen MR) is 53.5 cm³/mol. The van der Waals surface area contributed by atoms with Gasteiger partial charge >= 0.3 is 0 Å². The van der Waals surface area contributed by atoms with Crippen molar-refractivity contribution in [1.82, 2.24) is 0 Å². The number of azide groups is 1. The van der Waals surface area contributed by atoms with E-state index in [1.165, 1.54) is 0 Å². The summed E-state index contributed by atoms with van der Waals surface area (Å²) in [6, 6.07) is 5.57. The van der Waals surface area contributed by atoms with E-state index in [1.54, 1.807) is 7.11 Å². The lowest BCUT2D eigenvalue weighted by Crippen LogP contribution is -1.89. The van der Waals surface area contributed by atoms with Crippen LogP contribution in [0.15, 0.2) is 27.8 Å². The topological polar surface area (TPSA) is 58.0 Å². The summed E-state index contributed by atoms with van der Waals surface area (Å²) in [5, 5.41) is 3.47. The molecule has 13 heavy (non-hydrogen) atoms. The lowest BCUT2D eigenvalue weighted by Gasteiger charge is -2.05. The third-order valence-corrected chi connectivity index (χ3v) is 2.04. The van der Waals surface area contributed by atoms with Crippen LogP contribution >= 0.6 is 15.9 Å². The van der Waals surface area contributed by atoms with Crippen LogP contribution in [0.2, 0.25) is 0 Å². The maximum absolute atomic E-state index is 8.17. The summed E-state index contributed by atoms with van der Waals surface area (Å²) in [5.74, 6) is 0.732. The Hall–Kier alpha value is -1.19. The van der Waals surface area contributed by atoms with E-state index in [-0.39, 0.29) is 0 Å². The first-order valence-electron chi connectivity index (χ1n) is 3.61. The number of nitrogens with zero attached hydrogens (tertiary/aromatic N) is 3. The molecule has 0 bridgehead atoms. The summed E-state index contributed by atoms with van der Waals surface area (Å²) >= 11 is 3.33. The number of ether oxygens (including phenoxy) is 1. The van der Waals surface area contributed by atoms with Crippen molar-refractivity contribution in [3.63, 3.8) is 0 Å². The smallest absolute Gasteiger partial charge is 0.122 e. The van der Waals surface area contributed by atoms with E-state index in [0.717, 1.165) is 15.8 Å². The third kappa shape index (κ3) is 2.65. The molecule has 0 aliphatic heterocycles. The van der Waals surface area contributed by atoms with Gasteiger partial charge in [-0.05, 0) is 23.7 Å². The minimum absolute atomic E-state index is 0.305. The molecule has 5 heteroatoms. The molecule has 0 amide bonds. The number of rotatable bonds is 3. The first-order chi connectivity index (χ1) is 6.27. The standard InChI is InChI=1S/C8H8BrN3O/c1-13-8-3-2-7(9)4-6(8)5-11-12-10/h2-4H,5H2,1H3. The van der Waals surface area contributed by atoms with Gasteiger partial charge in [-0.3, -0.25) is 0 Å². The normalized spacial score (nSPS) is 9.08. The zero-order valence-electron chi connectivity index (χ0n) is 7.07. The molecule has 0 aliphatic rings. The Balaban J connectivity index is 3.00. The van der Waals surface area contributed by atoms with Gasteiger partial charge in [-0.25, -0.2) is 0 Å². The van der Waals surface area contributed by atoms with Gasteiger partial charge in [-0.15, -0.1) is 0 Å². The second-order valence-corrected chi connectivity index (χ2v) is 3.26.